The third-order valence-electron chi connectivity index (χ3n) is 6.67. The molecular formula is C19H36N2. The minimum Gasteiger partial charge on any atom is -0.327 e. The Labute approximate surface area is 131 Å². The quantitative estimate of drug-likeness (QED) is 0.842. The fraction of sp³-hybridized carbons (Fsp3) is 1.00. The van der Waals surface area contributed by atoms with E-state index < -0.39 is 0 Å². The van der Waals surface area contributed by atoms with Crippen LogP contribution in [0.5, 0.6) is 0 Å². The standard InChI is InChI=1S/C19H36N2/c1-2-6-15-10-11-18(20)17(13-15)14-21-12-5-8-16-7-3-4-9-19(16)21/h15-19H,2-14,20H2,1H3. The van der Waals surface area contributed by atoms with E-state index in [9.17, 15) is 0 Å². The smallest absolute Gasteiger partial charge is 0.0124 e. The van der Waals surface area contributed by atoms with Gasteiger partial charge in [-0.3, -0.25) is 4.90 Å². The topological polar surface area (TPSA) is 29.3 Å². The summed E-state index contributed by atoms with van der Waals surface area (Å²) in [6, 6.07) is 1.38. The Balaban J connectivity index is 1.58. The van der Waals surface area contributed by atoms with Gasteiger partial charge in [-0.2, -0.15) is 0 Å². The molecule has 0 radical (unpaired) electrons. The second-order valence-electron chi connectivity index (χ2n) is 8.14. The van der Waals surface area contributed by atoms with Crippen LogP contribution in [0.1, 0.15) is 77.6 Å². The van der Waals surface area contributed by atoms with Crippen LogP contribution in [0.2, 0.25) is 0 Å². The third-order valence-corrected chi connectivity index (χ3v) is 6.67. The van der Waals surface area contributed by atoms with Crippen molar-refractivity contribution in [1.82, 2.24) is 4.90 Å². The second kappa shape index (κ2) is 7.46. The summed E-state index contributed by atoms with van der Waals surface area (Å²) in [7, 11) is 0. The van der Waals surface area contributed by atoms with Crippen LogP contribution in [-0.2, 0) is 0 Å². The summed E-state index contributed by atoms with van der Waals surface area (Å²) >= 11 is 0. The fourth-order valence-electron chi connectivity index (χ4n) is 5.52. The molecule has 0 amide bonds. The van der Waals surface area contributed by atoms with Crippen LogP contribution in [-0.4, -0.2) is 30.1 Å². The summed E-state index contributed by atoms with van der Waals surface area (Å²) in [5, 5.41) is 0. The normalized spacial score (nSPS) is 41.7. The Morgan fingerprint density at radius 3 is 2.67 bits per heavy atom. The largest absolute Gasteiger partial charge is 0.327 e. The van der Waals surface area contributed by atoms with Gasteiger partial charge in [-0.25, -0.2) is 0 Å². The first-order valence-electron chi connectivity index (χ1n) is 9.77. The molecule has 3 fully saturated rings. The summed E-state index contributed by atoms with van der Waals surface area (Å²) in [4.78, 5) is 2.87. The lowest BCUT2D eigenvalue weighted by atomic mass is 9.74. The Hall–Kier alpha value is -0.0800. The van der Waals surface area contributed by atoms with E-state index >= 15 is 0 Å². The highest BCUT2D eigenvalue weighted by Gasteiger charge is 2.36. The molecule has 0 bridgehead atoms. The van der Waals surface area contributed by atoms with E-state index in [4.69, 9.17) is 5.73 Å². The number of rotatable bonds is 4. The molecule has 0 spiro atoms. The maximum atomic E-state index is 6.50. The lowest BCUT2D eigenvalue weighted by molar-refractivity contribution is 0.0344. The van der Waals surface area contributed by atoms with Crippen molar-refractivity contribution in [3.8, 4) is 0 Å². The number of nitrogens with zero attached hydrogens (tertiary/aromatic N) is 1. The summed E-state index contributed by atoms with van der Waals surface area (Å²) in [6.07, 6.45) is 15.7. The summed E-state index contributed by atoms with van der Waals surface area (Å²) in [5.74, 6) is 2.75. The summed E-state index contributed by atoms with van der Waals surface area (Å²) < 4.78 is 0. The van der Waals surface area contributed by atoms with Crippen molar-refractivity contribution in [3.05, 3.63) is 0 Å². The Morgan fingerprint density at radius 2 is 1.81 bits per heavy atom. The zero-order chi connectivity index (χ0) is 14.7. The molecule has 2 saturated carbocycles. The maximum Gasteiger partial charge on any atom is 0.0124 e. The van der Waals surface area contributed by atoms with Gasteiger partial charge in [0.05, 0.1) is 0 Å². The maximum absolute atomic E-state index is 6.50. The van der Waals surface area contributed by atoms with Crippen molar-refractivity contribution in [2.75, 3.05) is 13.1 Å². The molecule has 3 aliphatic rings. The molecule has 2 heteroatoms. The molecule has 122 valence electrons. The van der Waals surface area contributed by atoms with Gasteiger partial charge in [0.2, 0.25) is 0 Å². The van der Waals surface area contributed by atoms with Gasteiger partial charge in [0.15, 0.2) is 0 Å². The molecule has 2 nitrogen and oxygen atoms in total. The van der Waals surface area contributed by atoms with Gasteiger partial charge in [-0.1, -0.05) is 32.6 Å². The van der Waals surface area contributed by atoms with Gasteiger partial charge >= 0.3 is 0 Å². The van der Waals surface area contributed by atoms with Crippen LogP contribution < -0.4 is 5.73 Å². The highest BCUT2D eigenvalue weighted by atomic mass is 15.2. The Bertz CT molecular complexity index is 315. The number of hydrogen-bond acceptors (Lipinski definition) is 2. The van der Waals surface area contributed by atoms with Crippen LogP contribution in [0.4, 0.5) is 0 Å². The van der Waals surface area contributed by atoms with E-state index in [2.05, 4.69) is 11.8 Å². The van der Waals surface area contributed by atoms with Crippen LogP contribution in [0.3, 0.4) is 0 Å². The van der Waals surface area contributed by atoms with E-state index in [0.29, 0.717) is 6.04 Å². The Kier molecular flexibility index (Phi) is 5.61. The van der Waals surface area contributed by atoms with Crippen molar-refractivity contribution < 1.29 is 0 Å². The van der Waals surface area contributed by atoms with Crippen molar-refractivity contribution in [1.29, 1.82) is 0 Å². The van der Waals surface area contributed by atoms with E-state index in [-0.39, 0.29) is 0 Å². The minimum absolute atomic E-state index is 0.474. The van der Waals surface area contributed by atoms with E-state index in [1.165, 1.54) is 83.7 Å². The van der Waals surface area contributed by atoms with Crippen molar-refractivity contribution in [3.63, 3.8) is 0 Å². The second-order valence-corrected chi connectivity index (χ2v) is 8.14. The van der Waals surface area contributed by atoms with Crippen LogP contribution in [0.25, 0.3) is 0 Å². The molecule has 5 unspecified atom stereocenters. The van der Waals surface area contributed by atoms with Crippen LogP contribution >= 0.6 is 0 Å². The number of hydrogen-bond donors (Lipinski definition) is 1. The molecule has 0 aromatic heterocycles. The molecule has 1 aliphatic heterocycles. The van der Waals surface area contributed by atoms with Crippen molar-refractivity contribution in [2.24, 2.45) is 23.5 Å². The van der Waals surface area contributed by atoms with Crippen LogP contribution in [0, 0.1) is 17.8 Å². The van der Waals surface area contributed by atoms with Gasteiger partial charge < -0.3 is 5.73 Å². The van der Waals surface area contributed by atoms with Gasteiger partial charge in [0, 0.05) is 18.6 Å². The molecular weight excluding hydrogens is 256 g/mol. The fourth-order valence-corrected chi connectivity index (χ4v) is 5.52. The number of likely N-dealkylation sites (tertiary alicyclic amines) is 1. The first-order valence-corrected chi connectivity index (χ1v) is 9.77. The first kappa shape index (κ1) is 15.8. The highest BCUT2D eigenvalue weighted by molar-refractivity contribution is 4.91. The number of piperidine rings is 1. The lowest BCUT2D eigenvalue weighted by Gasteiger charge is -2.47. The van der Waals surface area contributed by atoms with Crippen molar-refractivity contribution >= 4 is 0 Å². The predicted molar refractivity (Wildman–Crippen MR) is 90.3 cm³/mol. The van der Waals surface area contributed by atoms with Gasteiger partial charge in [0.25, 0.3) is 0 Å². The molecule has 1 saturated heterocycles. The van der Waals surface area contributed by atoms with Crippen LogP contribution in [0.15, 0.2) is 0 Å². The molecule has 0 aromatic rings. The molecule has 3 rings (SSSR count). The third kappa shape index (κ3) is 3.82. The number of fused-ring (bicyclic) bond motifs is 1. The summed E-state index contributed by atoms with van der Waals surface area (Å²) in [5.41, 5.74) is 6.50. The zero-order valence-electron chi connectivity index (χ0n) is 14.1. The summed E-state index contributed by atoms with van der Waals surface area (Å²) in [6.45, 7) is 4.99. The molecule has 5 atom stereocenters. The van der Waals surface area contributed by atoms with Gasteiger partial charge in [0.1, 0.15) is 0 Å². The average Bonchev–Trinajstić information content (AvgIpc) is 2.51. The van der Waals surface area contributed by atoms with E-state index in [0.717, 1.165) is 23.8 Å². The molecule has 21 heavy (non-hydrogen) atoms. The molecule has 2 N–H and O–H groups in total. The monoisotopic (exact) mass is 292 g/mol. The van der Waals surface area contributed by atoms with Crippen molar-refractivity contribution in [2.45, 2.75) is 89.6 Å². The average molecular weight is 293 g/mol. The predicted octanol–water partition coefficient (Wildman–Crippen LogP) is 4.18. The zero-order valence-corrected chi connectivity index (χ0v) is 14.1. The Morgan fingerprint density at radius 1 is 1.00 bits per heavy atom. The van der Waals surface area contributed by atoms with Gasteiger partial charge in [-0.15, -0.1) is 0 Å². The highest BCUT2D eigenvalue weighted by Crippen LogP contribution is 2.38. The molecule has 0 aromatic carbocycles. The van der Waals surface area contributed by atoms with Gasteiger partial charge in [-0.05, 0) is 69.2 Å². The first-order chi connectivity index (χ1) is 10.3. The van der Waals surface area contributed by atoms with E-state index in [1.54, 1.807) is 0 Å². The number of nitrogens with two attached hydrogens (primary N) is 1. The SMILES string of the molecule is CCCC1CCC(N)C(CN2CCCC3CCCCC32)C1. The lowest BCUT2D eigenvalue weighted by Crippen LogP contribution is -2.51. The molecule has 2 aliphatic carbocycles. The molecule has 1 heterocycles. The van der Waals surface area contributed by atoms with E-state index in [1.807, 2.05) is 0 Å². The minimum atomic E-state index is 0.474.